The fourth-order valence-electron chi connectivity index (χ4n) is 3.18. The van der Waals surface area contributed by atoms with Crippen molar-refractivity contribution in [1.82, 2.24) is 20.1 Å². The highest BCUT2D eigenvalue weighted by molar-refractivity contribution is 7.85. The molecule has 0 N–H and O–H groups in total. The number of anilines is 1. The van der Waals surface area contributed by atoms with Gasteiger partial charge in [0.15, 0.2) is 0 Å². The first kappa shape index (κ1) is 23.2. The third-order valence-electron chi connectivity index (χ3n) is 4.91. The average Bonchev–Trinajstić information content (AvgIpc) is 3.31. The molecule has 2 aromatic heterocycles. The lowest BCUT2D eigenvalue weighted by molar-refractivity contribution is 0.116. The van der Waals surface area contributed by atoms with Crippen LogP contribution in [0.15, 0.2) is 40.9 Å². The van der Waals surface area contributed by atoms with E-state index < -0.39 is 28.9 Å². The van der Waals surface area contributed by atoms with Crippen LogP contribution in [0.25, 0.3) is 11.6 Å². The number of carbonyl (C=O) groups is 1. The predicted molar refractivity (Wildman–Crippen MR) is 115 cm³/mol. The van der Waals surface area contributed by atoms with Crippen molar-refractivity contribution in [1.29, 1.82) is 0 Å². The van der Waals surface area contributed by atoms with Gasteiger partial charge < -0.3 is 9.32 Å². The summed E-state index contributed by atoms with van der Waals surface area (Å²) in [7, 11) is -0.962. The van der Waals surface area contributed by atoms with E-state index in [1.54, 1.807) is 11.0 Å². The van der Waals surface area contributed by atoms with Gasteiger partial charge in [-0.2, -0.15) is 8.78 Å². The molecular formula is C20H17ClF3N5O3S. The van der Waals surface area contributed by atoms with Crippen molar-refractivity contribution in [3.05, 3.63) is 58.8 Å². The van der Waals surface area contributed by atoms with Gasteiger partial charge in [0, 0.05) is 47.3 Å². The van der Waals surface area contributed by atoms with Gasteiger partial charge in [0.25, 0.3) is 11.8 Å². The van der Waals surface area contributed by atoms with E-state index in [2.05, 4.69) is 15.2 Å². The fraction of sp³-hybridized carbons (Fsp3) is 0.300. The Morgan fingerprint density at radius 3 is 2.58 bits per heavy atom. The Bertz CT molecular complexity index is 1170. The van der Waals surface area contributed by atoms with Crippen molar-refractivity contribution >= 4 is 34.1 Å². The van der Waals surface area contributed by atoms with Crippen LogP contribution in [0.4, 0.5) is 23.7 Å². The zero-order chi connectivity index (χ0) is 23.5. The number of carbonyl (C=O) groups excluding carboxylic acids is 1. The van der Waals surface area contributed by atoms with Crippen molar-refractivity contribution in [2.24, 2.45) is 0 Å². The van der Waals surface area contributed by atoms with Crippen LogP contribution in [0, 0.1) is 5.82 Å². The van der Waals surface area contributed by atoms with Crippen LogP contribution in [-0.2, 0) is 17.3 Å². The van der Waals surface area contributed by atoms with Crippen LogP contribution in [-0.4, -0.2) is 54.9 Å². The van der Waals surface area contributed by atoms with Crippen molar-refractivity contribution in [3.8, 4) is 11.6 Å². The van der Waals surface area contributed by atoms with Gasteiger partial charge in [0.1, 0.15) is 11.5 Å². The monoisotopic (exact) mass is 499 g/mol. The smallest absolute Gasteiger partial charge is 0.324 e. The van der Waals surface area contributed by atoms with E-state index in [9.17, 15) is 22.2 Å². The van der Waals surface area contributed by atoms with Crippen LogP contribution < -0.4 is 4.90 Å². The zero-order valence-corrected chi connectivity index (χ0v) is 18.5. The molecule has 3 heterocycles. The Labute approximate surface area is 193 Å². The molecule has 0 unspecified atom stereocenters. The second kappa shape index (κ2) is 9.87. The maximum Gasteiger partial charge on any atom is 0.324 e. The first-order valence-electron chi connectivity index (χ1n) is 9.75. The van der Waals surface area contributed by atoms with Crippen LogP contribution in [0.5, 0.6) is 0 Å². The molecule has 1 aliphatic rings. The minimum absolute atomic E-state index is 0.0692. The number of hydrogen-bond donors (Lipinski definition) is 0. The van der Waals surface area contributed by atoms with Crippen molar-refractivity contribution in [3.63, 3.8) is 0 Å². The minimum atomic E-state index is -2.89. The Hall–Kier alpha value is -2.99. The summed E-state index contributed by atoms with van der Waals surface area (Å²) >= 11 is 5.93. The molecule has 1 saturated heterocycles. The highest BCUT2D eigenvalue weighted by Crippen LogP contribution is 2.26. The van der Waals surface area contributed by atoms with Crippen molar-refractivity contribution in [2.75, 3.05) is 29.5 Å². The molecule has 1 aliphatic heterocycles. The molecule has 0 aliphatic carbocycles. The van der Waals surface area contributed by atoms with Crippen molar-refractivity contribution < 1.29 is 26.6 Å². The van der Waals surface area contributed by atoms with E-state index in [-0.39, 0.29) is 29.2 Å². The lowest BCUT2D eigenvalue weighted by Crippen LogP contribution is -2.48. The van der Waals surface area contributed by atoms with Gasteiger partial charge in [-0.05, 0) is 29.8 Å². The molecule has 0 saturated carbocycles. The molecule has 4 rings (SSSR count). The molecule has 1 aromatic carbocycles. The van der Waals surface area contributed by atoms with Gasteiger partial charge in [-0.1, -0.05) is 17.7 Å². The molecule has 0 spiro atoms. The number of amides is 2. The molecule has 2 amide bonds. The highest BCUT2D eigenvalue weighted by atomic mass is 35.5. The number of halogens is 4. The summed E-state index contributed by atoms with van der Waals surface area (Å²) in [6, 6.07) is 6.74. The first-order valence-corrected chi connectivity index (χ1v) is 11.6. The standard InChI is InChI=1S/C20H17ClF3N5O3S/c21-14-9-13(2-3-15(14)22)29(20(30)28-5-7-33(31)8-6-28)11-12-1-4-16(25-10-12)18-26-27-19(32-18)17(23)24/h1-4,9-10,17H,5-8,11H2. The number of benzene rings is 1. The van der Waals surface area contributed by atoms with Crippen LogP contribution in [0.3, 0.4) is 0 Å². The van der Waals surface area contributed by atoms with Crippen LogP contribution in [0.1, 0.15) is 17.9 Å². The molecule has 8 nitrogen and oxygen atoms in total. The van der Waals surface area contributed by atoms with Gasteiger partial charge >= 0.3 is 12.5 Å². The molecular weight excluding hydrogens is 483 g/mol. The fourth-order valence-corrected chi connectivity index (χ4v) is 4.40. The van der Waals surface area contributed by atoms with E-state index in [4.69, 9.17) is 16.0 Å². The normalized spacial score (nSPS) is 14.6. The zero-order valence-electron chi connectivity index (χ0n) is 17.0. The molecule has 13 heteroatoms. The van der Waals surface area contributed by atoms with Crippen LogP contribution in [0.2, 0.25) is 5.02 Å². The van der Waals surface area contributed by atoms with Gasteiger partial charge in [-0.15, -0.1) is 10.2 Å². The third-order valence-corrected chi connectivity index (χ3v) is 6.47. The van der Waals surface area contributed by atoms with Gasteiger partial charge in [-0.3, -0.25) is 14.1 Å². The largest absolute Gasteiger partial charge is 0.414 e. The average molecular weight is 500 g/mol. The highest BCUT2D eigenvalue weighted by Gasteiger charge is 2.27. The first-order chi connectivity index (χ1) is 15.8. The van der Waals surface area contributed by atoms with Gasteiger partial charge in [0.2, 0.25) is 0 Å². The number of hydrogen-bond acceptors (Lipinski definition) is 6. The number of aromatic nitrogens is 3. The van der Waals surface area contributed by atoms with Gasteiger partial charge in [0.05, 0.1) is 11.6 Å². The maximum absolute atomic E-state index is 13.7. The number of rotatable bonds is 5. The second-order valence-corrected chi connectivity index (χ2v) is 9.20. The number of alkyl halides is 2. The van der Waals surface area contributed by atoms with Crippen molar-refractivity contribution in [2.45, 2.75) is 13.0 Å². The summed E-state index contributed by atoms with van der Waals surface area (Å²) in [5.41, 5.74) is 1.17. The van der Waals surface area contributed by atoms with E-state index in [0.29, 0.717) is 35.8 Å². The van der Waals surface area contributed by atoms with E-state index in [1.807, 2.05) is 0 Å². The quantitative estimate of drug-likeness (QED) is 0.526. The summed E-state index contributed by atoms with van der Waals surface area (Å²) in [5, 5.41) is 6.69. The Morgan fingerprint density at radius 1 is 1.21 bits per heavy atom. The lowest BCUT2D eigenvalue weighted by Gasteiger charge is -2.33. The summed E-state index contributed by atoms with van der Waals surface area (Å²) in [6.45, 7) is 0.731. The predicted octanol–water partition coefficient (Wildman–Crippen LogP) is 4.05. The second-order valence-electron chi connectivity index (χ2n) is 7.10. The molecule has 0 atom stereocenters. The molecule has 0 radical (unpaired) electrons. The van der Waals surface area contributed by atoms with E-state index >= 15 is 0 Å². The Kier molecular flexibility index (Phi) is 6.94. The van der Waals surface area contributed by atoms with Gasteiger partial charge in [-0.25, -0.2) is 9.18 Å². The molecule has 1 fully saturated rings. The summed E-state index contributed by atoms with van der Waals surface area (Å²) in [4.78, 5) is 20.4. The Morgan fingerprint density at radius 2 is 1.97 bits per heavy atom. The minimum Gasteiger partial charge on any atom is -0.414 e. The summed E-state index contributed by atoms with van der Waals surface area (Å²) < 4.78 is 55.6. The number of urea groups is 1. The molecule has 3 aromatic rings. The number of nitrogens with zero attached hydrogens (tertiary/aromatic N) is 5. The molecule has 0 bridgehead atoms. The summed E-state index contributed by atoms with van der Waals surface area (Å²) in [6.07, 6.45) is -1.45. The third kappa shape index (κ3) is 5.33. The maximum atomic E-state index is 13.7. The summed E-state index contributed by atoms with van der Waals surface area (Å²) in [5.74, 6) is -0.815. The van der Waals surface area contributed by atoms with Crippen LogP contribution >= 0.6 is 11.6 Å². The Balaban J connectivity index is 1.58. The molecule has 33 heavy (non-hydrogen) atoms. The number of pyridine rings is 1. The molecule has 174 valence electrons. The lowest BCUT2D eigenvalue weighted by atomic mass is 10.2. The van der Waals surface area contributed by atoms with E-state index in [0.717, 1.165) is 0 Å². The topological polar surface area (TPSA) is 92.4 Å². The van der Waals surface area contributed by atoms with E-state index in [1.165, 1.54) is 35.4 Å². The SMILES string of the molecule is O=C(N1CCS(=O)CC1)N(Cc1ccc(-c2nnc(C(F)F)o2)nc1)c1ccc(F)c(Cl)c1.